The Labute approximate surface area is 123 Å². The maximum absolute atomic E-state index is 12.9. The number of carboxylic acid groups (broad SMARTS) is 1. The van der Waals surface area contributed by atoms with Gasteiger partial charge in [0.05, 0.1) is 5.92 Å². The Morgan fingerprint density at radius 3 is 2.52 bits per heavy atom. The lowest BCUT2D eigenvalue weighted by molar-refractivity contribution is -0.144. The fourth-order valence-electron chi connectivity index (χ4n) is 2.71. The standard InChI is InChI=1S/C15H19FN2O3/c1-10-13(14(19)20)4-3-9-18(10)15(21)17(2)12-7-5-11(16)6-8-12/h5-8,10,13H,3-4,9H2,1-2H3,(H,19,20)/t10-,13-/m1/s1. The van der Waals surface area contributed by atoms with E-state index in [0.717, 1.165) is 0 Å². The van der Waals surface area contributed by atoms with Crippen LogP contribution in [0.3, 0.4) is 0 Å². The summed E-state index contributed by atoms with van der Waals surface area (Å²) >= 11 is 0. The first-order valence-electron chi connectivity index (χ1n) is 6.94. The van der Waals surface area contributed by atoms with Crippen LogP contribution in [-0.4, -0.2) is 41.6 Å². The lowest BCUT2D eigenvalue weighted by Gasteiger charge is -2.39. The van der Waals surface area contributed by atoms with Crippen molar-refractivity contribution in [2.45, 2.75) is 25.8 Å². The summed E-state index contributed by atoms with van der Waals surface area (Å²) in [5, 5.41) is 9.20. The number of benzene rings is 1. The first-order chi connectivity index (χ1) is 9.91. The van der Waals surface area contributed by atoms with E-state index in [1.54, 1.807) is 18.9 Å². The smallest absolute Gasteiger partial charge is 0.324 e. The monoisotopic (exact) mass is 294 g/mol. The predicted octanol–water partition coefficient (Wildman–Crippen LogP) is 2.57. The highest BCUT2D eigenvalue weighted by molar-refractivity contribution is 5.92. The second-order valence-electron chi connectivity index (χ2n) is 5.34. The number of likely N-dealkylation sites (tertiary alicyclic amines) is 1. The maximum atomic E-state index is 12.9. The average Bonchev–Trinajstić information content (AvgIpc) is 2.46. The van der Waals surface area contributed by atoms with Crippen LogP contribution in [0.2, 0.25) is 0 Å². The van der Waals surface area contributed by atoms with Gasteiger partial charge in [-0.05, 0) is 44.0 Å². The second-order valence-corrected chi connectivity index (χ2v) is 5.34. The van der Waals surface area contributed by atoms with Gasteiger partial charge in [-0.3, -0.25) is 9.69 Å². The molecule has 2 rings (SSSR count). The molecule has 0 bridgehead atoms. The quantitative estimate of drug-likeness (QED) is 0.912. The number of nitrogens with zero attached hydrogens (tertiary/aromatic N) is 2. The number of aliphatic carboxylic acids is 1. The molecule has 1 N–H and O–H groups in total. The molecule has 1 aliphatic rings. The Kier molecular flexibility index (Phi) is 4.45. The molecule has 21 heavy (non-hydrogen) atoms. The van der Waals surface area contributed by atoms with Crippen LogP contribution in [0.15, 0.2) is 24.3 Å². The highest BCUT2D eigenvalue weighted by atomic mass is 19.1. The summed E-state index contributed by atoms with van der Waals surface area (Å²) in [6, 6.07) is 5.01. The normalized spacial score (nSPS) is 22.0. The van der Waals surface area contributed by atoms with Crippen molar-refractivity contribution in [1.82, 2.24) is 4.90 Å². The number of halogens is 1. The summed E-state index contributed by atoms with van der Waals surface area (Å²) in [5.41, 5.74) is 0.575. The van der Waals surface area contributed by atoms with Gasteiger partial charge in [0.2, 0.25) is 0 Å². The van der Waals surface area contributed by atoms with Crippen molar-refractivity contribution in [2.24, 2.45) is 5.92 Å². The largest absolute Gasteiger partial charge is 0.481 e. The summed E-state index contributed by atoms with van der Waals surface area (Å²) in [6.45, 7) is 2.30. The fraction of sp³-hybridized carbons (Fsp3) is 0.467. The summed E-state index contributed by atoms with van der Waals surface area (Å²) in [6.07, 6.45) is 1.25. The Morgan fingerprint density at radius 2 is 1.95 bits per heavy atom. The van der Waals surface area contributed by atoms with Crippen molar-refractivity contribution in [2.75, 3.05) is 18.5 Å². The number of piperidine rings is 1. The zero-order chi connectivity index (χ0) is 15.6. The van der Waals surface area contributed by atoms with E-state index in [1.807, 2.05) is 0 Å². The first kappa shape index (κ1) is 15.3. The number of anilines is 1. The Morgan fingerprint density at radius 1 is 1.33 bits per heavy atom. The number of carboxylic acids is 1. The van der Waals surface area contributed by atoms with E-state index in [9.17, 15) is 19.1 Å². The van der Waals surface area contributed by atoms with Crippen LogP contribution < -0.4 is 4.90 Å². The number of rotatable bonds is 2. The van der Waals surface area contributed by atoms with Crippen molar-refractivity contribution in [3.8, 4) is 0 Å². The van der Waals surface area contributed by atoms with Crippen LogP contribution >= 0.6 is 0 Å². The molecule has 0 radical (unpaired) electrons. The third-order valence-electron chi connectivity index (χ3n) is 4.05. The average molecular weight is 294 g/mol. The van der Waals surface area contributed by atoms with Crippen molar-refractivity contribution in [3.05, 3.63) is 30.1 Å². The minimum absolute atomic E-state index is 0.264. The summed E-state index contributed by atoms with van der Waals surface area (Å²) < 4.78 is 12.9. The molecule has 0 aliphatic carbocycles. The van der Waals surface area contributed by atoms with Crippen molar-refractivity contribution >= 4 is 17.7 Å². The molecule has 1 aromatic carbocycles. The van der Waals surface area contributed by atoms with E-state index in [2.05, 4.69) is 0 Å². The molecule has 1 aliphatic heterocycles. The maximum Gasteiger partial charge on any atom is 0.324 e. The van der Waals surface area contributed by atoms with Gasteiger partial charge in [0.15, 0.2) is 0 Å². The van der Waals surface area contributed by atoms with E-state index in [4.69, 9.17) is 0 Å². The van der Waals surface area contributed by atoms with Gasteiger partial charge in [-0.15, -0.1) is 0 Å². The van der Waals surface area contributed by atoms with Gasteiger partial charge in [-0.2, -0.15) is 0 Å². The van der Waals surface area contributed by atoms with E-state index in [0.29, 0.717) is 25.1 Å². The molecule has 0 aromatic heterocycles. The minimum Gasteiger partial charge on any atom is -0.481 e. The number of amides is 2. The van der Waals surface area contributed by atoms with E-state index in [1.165, 1.54) is 29.2 Å². The number of carbonyl (C=O) groups excluding carboxylic acids is 1. The second kappa shape index (κ2) is 6.11. The third-order valence-corrected chi connectivity index (χ3v) is 4.05. The Hall–Kier alpha value is -2.11. The van der Waals surface area contributed by atoms with Crippen molar-refractivity contribution in [1.29, 1.82) is 0 Å². The topological polar surface area (TPSA) is 60.9 Å². The molecule has 6 heteroatoms. The fourth-order valence-corrected chi connectivity index (χ4v) is 2.71. The molecule has 2 atom stereocenters. The summed E-state index contributed by atoms with van der Waals surface area (Å²) in [7, 11) is 1.60. The molecule has 0 unspecified atom stereocenters. The van der Waals surface area contributed by atoms with Gasteiger partial charge in [0.1, 0.15) is 5.82 Å². The highest BCUT2D eigenvalue weighted by Gasteiger charge is 2.36. The lowest BCUT2D eigenvalue weighted by Crippen LogP contribution is -2.53. The number of hydrogen-bond donors (Lipinski definition) is 1. The highest BCUT2D eigenvalue weighted by Crippen LogP contribution is 2.26. The predicted molar refractivity (Wildman–Crippen MR) is 76.7 cm³/mol. The van der Waals surface area contributed by atoms with Gasteiger partial charge >= 0.3 is 12.0 Å². The van der Waals surface area contributed by atoms with E-state index >= 15 is 0 Å². The van der Waals surface area contributed by atoms with Crippen molar-refractivity contribution in [3.63, 3.8) is 0 Å². The Balaban J connectivity index is 2.14. The molecular weight excluding hydrogens is 275 g/mol. The van der Waals surface area contributed by atoms with Gasteiger partial charge < -0.3 is 10.0 Å². The van der Waals surface area contributed by atoms with E-state index in [-0.39, 0.29) is 17.9 Å². The van der Waals surface area contributed by atoms with Gasteiger partial charge in [0.25, 0.3) is 0 Å². The summed E-state index contributed by atoms with van der Waals surface area (Å²) in [4.78, 5) is 26.7. The van der Waals surface area contributed by atoms with Crippen molar-refractivity contribution < 1.29 is 19.1 Å². The molecule has 2 amide bonds. The molecule has 114 valence electrons. The molecule has 0 saturated carbocycles. The van der Waals surface area contributed by atoms with Crippen LogP contribution in [0.1, 0.15) is 19.8 Å². The van der Waals surface area contributed by atoms with Crippen LogP contribution in [0.4, 0.5) is 14.9 Å². The first-order valence-corrected chi connectivity index (χ1v) is 6.94. The molecule has 1 fully saturated rings. The van der Waals surface area contributed by atoms with Gasteiger partial charge in [-0.1, -0.05) is 0 Å². The number of urea groups is 1. The molecule has 0 spiro atoms. The van der Waals surface area contributed by atoms with Gasteiger partial charge in [0, 0.05) is 25.3 Å². The lowest BCUT2D eigenvalue weighted by atomic mass is 9.90. The number of carbonyl (C=O) groups is 2. The SMILES string of the molecule is C[C@@H]1[C@H](C(=O)O)CCCN1C(=O)N(C)c1ccc(F)cc1. The molecule has 1 saturated heterocycles. The molecule has 1 heterocycles. The minimum atomic E-state index is -0.871. The molecular formula is C15H19FN2O3. The van der Waals surface area contributed by atoms with Crippen LogP contribution in [0.25, 0.3) is 0 Å². The molecule has 1 aromatic rings. The van der Waals surface area contributed by atoms with Crippen LogP contribution in [0.5, 0.6) is 0 Å². The zero-order valence-corrected chi connectivity index (χ0v) is 12.1. The zero-order valence-electron chi connectivity index (χ0n) is 12.1. The van der Waals surface area contributed by atoms with Crippen LogP contribution in [0, 0.1) is 11.7 Å². The summed E-state index contributed by atoms with van der Waals surface area (Å²) in [5.74, 6) is -1.77. The van der Waals surface area contributed by atoms with E-state index < -0.39 is 11.9 Å². The Bertz CT molecular complexity index is 532. The number of hydrogen-bond acceptors (Lipinski definition) is 2. The van der Waals surface area contributed by atoms with Gasteiger partial charge in [-0.25, -0.2) is 9.18 Å². The molecule has 5 nitrogen and oxygen atoms in total. The third kappa shape index (κ3) is 3.15. The van der Waals surface area contributed by atoms with Crippen LogP contribution in [-0.2, 0) is 4.79 Å².